The van der Waals surface area contributed by atoms with E-state index in [-0.39, 0.29) is 11.9 Å². The molecule has 1 saturated heterocycles. The van der Waals surface area contributed by atoms with Crippen molar-refractivity contribution >= 4 is 62.0 Å². The van der Waals surface area contributed by atoms with Crippen LogP contribution >= 0.6 is 27.7 Å². The first-order valence-corrected chi connectivity index (χ1v) is 14.4. The average molecular weight is 575 g/mol. The van der Waals surface area contributed by atoms with Gasteiger partial charge in [-0.05, 0) is 57.0 Å². The van der Waals surface area contributed by atoms with E-state index in [0.29, 0.717) is 6.42 Å². The molecule has 0 saturated carbocycles. The van der Waals surface area contributed by atoms with Gasteiger partial charge < -0.3 is 24.4 Å². The number of fused-ring (bicyclic) bond motifs is 1. The Morgan fingerprint density at radius 2 is 2.03 bits per heavy atom. The van der Waals surface area contributed by atoms with Gasteiger partial charge >= 0.3 is 0 Å². The molecule has 0 aliphatic carbocycles. The van der Waals surface area contributed by atoms with Crippen molar-refractivity contribution < 1.29 is 9.53 Å². The number of halogens is 1. The quantitative estimate of drug-likeness (QED) is 0.340. The monoisotopic (exact) mass is 573 g/mol. The number of hydrogen-bond donors (Lipinski definition) is 1. The van der Waals surface area contributed by atoms with Gasteiger partial charge in [-0.25, -0.2) is 4.98 Å². The molecule has 7 nitrogen and oxygen atoms in total. The number of ether oxygens (including phenoxy) is 1. The Balaban J connectivity index is 1.58. The Morgan fingerprint density at radius 3 is 2.72 bits per heavy atom. The van der Waals surface area contributed by atoms with Crippen molar-refractivity contribution in [3.63, 3.8) is 0 Å². The van der Waals surface area contributed by atoms with E-state index < -0.39 is 0 Å². The summed E-state index contributed by atoms with van der Waals surface area (Å²) in [6.07, 6.45) is 1.42. The summed E-state index contributed by atoms with van der Waals surface area (Å²) >= 11 is 5.48. The van der Waals surface area contributed by atoms with E-state index in [4.69, 9.17) is 9.72 Å². The smallest absolute Gasteiger partial charge is 0.222 e. The summed E-state index contributed by atoms with van der Waals surface area (Å²) in [5.74, 6) is 3.89. The Morgan fingerprint density at radius 1 is 1.28 bits per heavy atom. The van der Waals surface area contributed by atoms with Gasteiger partial charge in [0.05, 0.1) is 29.5 Å². The summed E-state index contributed by atoms with van der Waals surface area (Å²) in [4.78, 5) is 22.0. The maximum Gasteiger partial charge on any atom is 0.222 e. The van der Waals surface area contributed by atoms with E-state index >= 15 is 0 Å². The summed E-state index contributed by atoms with van der Waals surface area (Å²) in [7, 11) is 3.72. The van der Waals surface area contributed by atoms with E-state index in [0.717, 1.165) is 81.7 Å². The van der Waals surface area contributed by atoms with Crippen molar-refractivity contribution in [2.24, 2.45) is 7.05 Å². The maximum atomic E-state index is 12.7. The third-order valence-corrected chi connectivity index (χ3v) is 8.08. The van der Waals surface area contributed by atoms with Crippen LogP contribution in [0.25, 0.3) is 11.0 Å². The number of rotatable bonds is 9. The molecule has 36 heavy (non-hydrogen) atoms. The fourth-order valence-electron chi connectivity index (χ4n) is 4.77. The van der Waals surface area contributed by atoms with Crippen molar-refractivity contribution in [3.8, 4) is 5.75 Å². The van der Waals surface area contributed by atoms with Crippen LogP contribution in [-0.4, -0.2) is 64.6 Å². The van der Waals surface area contributed by atoms with Crippen LogP contribution in [0.5, 0.6) is 5.75 Å². The number of methoxy groups -OCH3 is 1. The van der Waals surface area contributed by atoms with Gasteiger partial charge in [0.2, 0.25) is 11.9 Å². The van der Waals surface area contributed by atoms with Gasteiger partial charge in [-0.1, -0.05) is 22.0 Å². The van der Waals surface area contributed by atoms with Crippen LogP contribution in [0.15, 0.2) is 34.8 Å². The van der Waals surface area contributed by atoms with Gasteiger partial charge in [0, 0.05) is 55.1 Å². The Bertz CT molecular complexity index is 1220. The lowest BCUT2D eigenvalue weighted by atomic mass is 10.1. The molecule has 194 valence electrons. The number of carbonyl (C=O) groups is 1. The maximum absolute atomic E-state index is 12.7. The minimum absolute atomic E-state index is 0.281. The molecule has 1 aromatic heterocycles. The zero-order chi connectivity index (χ0) is 25.8. The summed E-state index contributed by atoms with van der Waals surface area (Å²) in [5, 5.41) is 3.50. The molecule has 1 aliphatic rings. The van der Waals surface area contributed by atoms with E-state index in [9.17, 15) is 4.79 Å². The van der Waals surface area contributed by atoms with Gasteiger partial charge in [0.15, 0.2) is 0 Å². The van der Waals surface area contributed by atoms with Crippen molar-refractivity contribution in [2.75, 3.05) is 48.5 Å². The number of benzene rings is 2. The molecule has 9 heteroatoms. The number of amides is 1. The molecular weight excluding hydrogens is 538 g/mol. The Kier molecular flexibility index (Phi) is 8.72. The Hall–Kier alpha value is -2.39. The molecule has 3 aromatic rings. The molecule has 2 aromatic carbocycles. The van der Waals surface area contributed by atoms with Crippen LogP contribution in [-0.2, 0) is 11.8 Å². The van der Waals surface area contributed by atoms with Crippen LogP contribution in [0.1, 0.15) is 32.3 Å². The second kappa shape index (κ2) is 11.8. The van der Waals surface area contributed by atoms with E-state index in [1.165, 1.54) is 0 Å². The summed E-state index contributed by atoms with van der Waals surface area (Å²) in [5.41, 5.74) is 5.10. The molecule has 2 heterocycles. The summed E-state index contributed by atoms with van der Waals surface area (Å²) in [6, 6.07) is 10.6. The minimum Gasteiger partial charge on any atom is -0.495 e. The number of hydrogen-bond acceptors (Lipinski definition) is 6. The highest BCUT2D eigenvalue weighted by atomic mass is 79.9. The highest BCUT2D eigenvalue weighted by molar-refractivity contribution is 9.10. The lowest BCUT2D eigenvalue weighted by molar-refractivity contribution is -0.130. The van der Waals surface area contributed by atoms with E-state index in [2.05, 4.69) is 62.8 Å². The van der Waals surface area contributed by atoms with Crippen molar-refractivity contribution in [3.05, 3.63) is 40.4 Å². The summed E-state index contributed by atoms with van der Waals surface area (Å²) < 4.78 is 8.70. The zero-order valence-corrected chi connectivity index (χ0v) is 24.2. The molecule has 0 unspecified atom stereocenters. The molecule has 1 amide bonds. The fourth-order valence-corrected chi connectivity index (χ4v) is 6.22. The van der Waals surface area contributed by atoms with Crippen LogP contribution in [0, 0.1) is 6.92 Å². The molecule has 1 aliphatic heterocycles. The normalized spacial score (nSPS) is 13.9. The first kappa shape index (κ1) is 26.7. The molecular formula is C27H36BrN5O2S. The van der Waals surface area contributed by atoms with Crippen LogP contribution in [0.3, 0.4) is 0 Å². The van der Waals surface area contributed by atoms with Gasteiger partial charge in [-0.2, -0.15) is 11.8 Å². The standard InChI is InChI=1S/C27H36BrN5O2S/c1-18(2)33(11-7-10-24(34)32-12-14-36-15-13-32)22-9-6-8-21-26(22)31(4)27(29-21)30-25-19(3)16-20(28)17-23(25)35-5/h6,8-9,16-18H,7,10-15H2,1-5H3,(H,29,30). The number of carbonyl (C=O) groups excluding carboxylic acids is 1. The van der Waals surface area contributed by atoms with Gasteiger partial charge in [-0.15, -0.1) is 0 Å². The van der Waals surface area contributed by atoms with Gasteiger partial charge in [0.1, 0.15) is 5.75 Å². The predicted octanol–water partition coefficient (Wildman–Crippen LogP) is 5.97. The number of thioether (sulfide) groups is 1. The minimum atomic E-state index is 0.281. The lowest BCUT2D eigenvalue weighted by Crippen LogP contribution is -2.38. The van der Waals surface area contributed by atoms with Gasteiger partial charge in [0.25, 0.3) is 0 Å². The van der Waals surface area contributed by atoms with Crippen molar-refractivity contribution in [1.29, 1.82) is 0 Å². The SMILES string of the molecule is COc1cc(Br)cc(C)c1Nc1nc2cccc(N(CCCC(=O)N3CCSCC3)C(C)C)c2n1C. The number of imidazole rings is 1. The van der Waals surface area contributed by atoms with Crippen LogP contribution < -0.4 is 15.0 Å². The first-order chi connectivity index (χ1) is 17.3. The van der Waals surface area contributed by atoms with E-state index in [1.54, 1.807) is 7.11 Å². The van der Waals surface area contributed by atoms with E-state index in [1.807, 2.05) is 42.8 Å². The molecule has 4 rings (SSSR count). The number of nitrogens with zero attached hydrogens (tertiary/aromatic N) is 4. The second-order valence-corrected chi connectivity index (χ2v) is 11.6. The topological polar surface area (TPSA) is 62.6 Å². The lowest BCUT2D eigenvalue weighted by Gasteiger charge is -2.31. The number of para-hydroxylation sites is 1. The molecule has 1 fully saturated rings. The van der Waals surface area contributed by atoms with Crippen LogP contribution in [0.4, 0.5) is 17.3 Å². The molecule has 0 radical (unpaired) electrons. The van der Waals surface area contributed by atoms with Crippen LogP contribution in [0.2, 0.25) is 0 Å². The molecule has 0 spiro atoms. The molecule has 1 N–H and O–H groups in total. The third kappa shape index (κ3) is 5.78. The highest BCUT2D eigenvalue weighted by Crippen LogP contribution is 2.36. The zero-order valence-electron chi connectivity index (χ0n) is 21.8. The number of nitrogens with one attached hydrogen (secondary N) is 1. The Labute approximate surface area is 226 Å². The second-order valence-electron chi connectivity index (χ2n) is 9.45. The third-order valence-electron chi connectivity index (χ3n) is 6.68. The van der Waals surface area contributed by atoms with Crippen molar-refractivity contribution in [2.45, 2.75) is 39.7 Å². The molecule has 0 atom stereocenters. The summed E-state index contributed by atoms with van der Waals surface area (Å²) in [6.45, 7) is 9.03. The number of aromatic nitrogens is 2. The van der Waals surface area contributed by atoms with Crippen molar-refractivity contribution in [1.82, 2.24) is 14.5 Å². The fraction of sp³-hybridized carbons (Fsp3) is 0.481. The average Bonchev–Trinajstić information content (AvgIpc) is 3.19. The number of aryl methyl sites for hydroxylation is 2. The highest BCUT2D eigenvalue weighted by Gasteiger charge is 2.21. The van der Waals surface area contributed by atoms with Gasteiger partial charge in [-0.3, -0.25) is 4.79 Å². The molecule has 0 bridgehead atoms. The number of anilines is 3. The predicted molar refractivity (Wildman–Crippen MR) is 155 cm³/mol. The largest absolute Gasteiger partial charge is 0.495 e. The first-order valence-electron chi connectivity index (χ1n) is 12.5.